The van der Waals surface area contributed by atoms with Crippen LogP contribution in [0.25, 0.3) is 22.4 Å². The van der Waals surface area contributed by atoms with Crippen LogP contribution in [0.4, 0.5) is 14.5 Å². The van der Waals surface area contributed by atoms with Gasteiger partial charge in [-0.3, -0.25) is 0 Å². The lowest BCUT2D eigenvalue weighted by Gasteiger charge is -2.14. The summed E-state index contributed by atoms with van der Waals surface area (Å²) in [5, 5.41) is 0. The van der Waals surface area contributed by atoms with Crippen molar-refractivity contribution in [1.29, 1.82) is 0 Å². The van der Waals surface area contributed by atoms with E-state index in [2.05, 4.69) is 4.98 Å². The largest absolute Gasteiger partial charge is 0.398 e. The number of rotatable bonds is 2. The number of hydrogen-bond donors (Lipinski definition) is 1. The monoisotopic (exact) mass is 287 g/mol. The predicted molar refractivity (Wildman–Crippen MR) is 79.9 cm³/mol. The van der Waals surface area contributed by atoms with E-state index in [4.69, 9.17) is 5.73 Å². The van der Waals surface area contributed by atoms with Crippen LogP contribution in [0.1, 0.15) is 19.9 Å². The highest BCUT2D eigenvalue weighted by atomic mass is 19.1. The number of anilines is 1. The van der Waals surface area contributed by atoms with Gasteiger partial charge in [0, 0.05) is 17.3 Å². The molecule has 108 valence electrons. The zero-order valence-electron chi connectivity index (χ0n) is 11.8. The SMILES string of the molecule is CC(C)n1c(-c2ccc(F)cc2N)nc2c(F)cccc21. The number of nitrogens with two attached hydrogens (primary N) is 1. The highest BCUT2D eigenvalue weighted by molar-refractivity contribution is 5.84. The van der Waals surface area contributed by atoms with Crippen molar-refractivity contribution in [3.63, 3.8) is 0 Å². The van der Waals surface area contributed by atoms with Gasteiger partial charge in [-0.2, -0.15) is 0 Å². The van der Waals surface area contributed by atoms with Crippen molar-refractivity contribution in [1.82, 2.24) is 9.55 Å². The molecule has 3 rings (SSSR count). The second-order valence-corrected chi connectivity index (χ2v) is 5.24. The number of halogens is 2. The number of imidazole rings is 1. The third-order valence-electron chi connectivity index (χ3n) is 3.44. The molecule has 0 radical (unpaired) electrons. The summed E-state index contributed by atoms with van der Waals surface area (Å²) in [5.41, 5.74) is 7.77. The number of aromatic nitrogens is 2. The van der Waals surface area contributed by atoms with Crippen LogP contribution >= 0.6 is 0 Å². The van der Waals surface area contributed by atoms with E-state index in [9.17, 15) is 8.78 Å². The molecule has 21 heavy (non-hydrogen) atoms. The Balaban J connectivity index is 2.36. The standard InChI is InChI=1S/C16H15F2N3/c1-9(2)21-14-5-3-4-12(18)15(14)20-16(21)11-7-6-10(17)8-13(11)19/h3-9H,19H2,1-2H3. The third-order valence-corrected chi connectivity index (χ3v) is 3.44. The number of hydrogen-bond acceptors (Lipinski definition) is 2. The second kappa shape index (κ2) is 4.84. The van der Waals surface area contributed by atoms with E-state index >= 15 is 0 Å². The molecule has 3 nitrogen and oxygen atoms in total. The summed E-state index contributed by atoms with van der Waals surface area (Å²) in [4.78, 5) is 4.38. The van der Waals surface area contributed by atoms with Crippen molar-refractivity contribution in [3.05, 3.63) is 48.0 Å². The molecule has 2 aromatic carbocycles. The maximum Gasteiger partial charge on any atom is 0.151 e. The van der Waals surface area contributed by atoms with Gasteiger partial charge in [-0.1, -0.05) is 6.07 Å². The van der Waals surface area contributed by atoms with Crippen molar-refractivity contribution in [2.75, 3.05) is 5.73 Å². The van der Waals surface area contributed by atoms with E-state index in [0.717, 1.165) is 0 Å². The van der Waals surface area contributed by atoms with Crippen molar-refractivity contribution in [2.45, 2.75) is 19.9 Å². The maximum atomic E-state index is 14.0. The van der Waals surface area contributed by atoms with Crippen molar-refractivity contribution < 1.29 is 8.78 Å². The lowest BCUT2D eigenvalue weighted by molar-refractivity contribution is 0.621. The Kier molecular flexibility index (Phi) is 3.12. The molecule has 1 aromatic heterocycles. The van der Waals surface area contributed by atoms with Gasteiger partial charge in [-0.15, -0.1) is 0 Å². The van der Waals surface area contributed by atoms with Crippen molar-refractivity contribution in [2.24, 2.45) is 0 Å². The molecule has 3 aromatic rings. The molecule has 0 saturated heterocycles. The first-order chi connectivity index (χ1) is 9.99. The summed E-state index contributed by atoms with van der Waals surface area (Å²) >= 11 is 0. The summed E-state index contributed by atoms with van der Waals surface area (Å²) < 4.78 is 29.1. The van der Waals surface area contributed by atoms with Gasteiger partial charge in [0.05, 0.1) is 5.52 Å². The smallest absolute Gasteiger partial charge is 0.151 e. The van der Waals surface area contributed by atoms with Crippen LogP contribution < -0.4 is 5.73 Å². The Morgan fingerprint density at radius 3 is 2.57 bits per heavy atom. The fraction of sp³-hybridized carbons (Fsp3) is 0.188. The molecule has 1 heterocycles. The van der Waals surface area contributed by atoms with Crippen LogP contribution in [0.15, 0.2) is 36.4 Å². The van der Waals surface area contributed by atoms with Gasteiger partial charge in [0.15, 0.2) is 5.82 Å². The van der Waals surface area contributed by atoms with Crippen LogP contribution in [-0.4, -0.2) is 9.55 Å². The molecule has 0 bridgehead atoms. The molecule has 0 spiro atoms. The molecule has 5 heteroatoms. The number of para-hydroxylation sites is 1. The van der Waals surface area contributed by atoms with Crippen LogP contribution in [0.3, 0.4) is 0 Å². The summed E-state index contributed by atoms with van der Waals surface area (Å²) in [5.74, 6) is -0.244. The Morgan fingerprint density at radius 1 is 1.14 bits per heavy atom. The first-order valence-electron chi connectivity index (χ1n) is 6.71. The minimum Gasteiger partial charge on any atom is -0.398 e. The molecule has 0 aliphatic carbocycles. The van der Waals surface area contributed by atoms with Crippen LogP contribution in [-0.2, 0) is 0 Å². The lowest BCUT2D eigenvalue weighted by atomic mass is 10.1. The quantitative estimate of drug-likeness (QED) is 0.720. The number of fused-ring (bicyclic) bond motifs is 1. The van der Waals surface area contributed by atoms with Gasteiger partial charge < -0.3 is 10.3 Å². The van der Waals surface area contributed by atoms with Gasteiger partial charge in [0.2, 0.25) is 0 Å². The molecule has 2 N–H and O–H groups in total. The van der Waals surface area contributed by atoms with E-state index in [1.54, 1.807) is 12.1 Å². The van der Waals surface area contributed by atoms with Crippen molar-refractivity contribution >= 4 is 16.7 Å². The average molecular weight is 287 g/mol. The zero-order chi connectivity index (χ0) is 15.1. The summed E-state index contributed by atoms with van der Waals surface area (Å²) in [6, 6.07) is 9.05. The lowest BCUT2D eigenvalue weighted by Crippen LogP contribution is -2.04. The molecule has 0 unspecified atom stereocenters. The second-order valence-electron chi connectivity index (χ2n) is 5.24. The molecule has 0 saturated carbocycles. The minimum absolute atomic E-state index is 0.0660. The number of nitrogens with zero attached hydrogens (tertiary/aromatic N) is 2. The first-order valence-corrected chi connectivity index (χ1v) is 6.71. The van der Waals surface area contributed by atoms with E-state index < -0.39 is 5.82 Å². The van der Waals surface area contributed by atoms with Gasteiger partial charge in [-0.25, -0.2) is 13.8 Å². The first kappa shape index (κ1) is 13.5. The maximum absolute atomic E-state index is 14.0. The Bertz CT molecular complexity index is 822. The molecule has 0 aliphatic rings. The topological polar surface area (TPSA) is 43.8 Å². The number of nitrogen functional groups attached to an aromatic ring is 1. The van der Waals surface area contributed by atoms with Gasteiger partial charge in [0.1, 0.15) is 17.2 Å². The molecule has 0 aliphatic heterocycles. The fourth-order valence-corrected chi connectivity index (χ4v) is 2.53. The average Bonchev–Trinajstić information content (AvgIpc) is 2.79. The Labute approximate surface area is 121 Å². The van der Waals surface area contributed by atoms with Gasteiger partial charge in [0.25, 0.3) is 0 Å². The highest BCUT2D eigenvalue weighted by Crippen LogP contribution is 2.32. The molecule has 0 fully saturated rings. The van der Waals surface area contributed by atoms with Crippen LogP contribution in [0, 0.1) is 11.6 Å². The van der Waals surface area contributed by atoms with Gasteiger partial charge in [-0.05, 0) is 44.2 Å². The third kappa shape index (κ3) is 2.14. The van der Waals surface area contributed by atoms with Gasteiger partial charge >= 0.3 is 0 Å². The molecule has 0 atom stereocenters. The molecule has 0 amide bonds. The van der Waals surface area contributed by atoms with Crippen LogP contribution in [0.5, 0.6) is 0 Å². The normalized spacial score (nSPS) is 11.5. The molecular weight excluding hydrogens is 272 g/mol. The Morgan fingerprint density at radius 2 is 1.90 bits per heavy atom. The van der Waals surface area contributed by atoms with E-state index in [-0.39, 0.29) is 17.5 Å². The fourth-order valence-electron chi connectivity index (χ4n) is 2.53. The summed E-state index contributed by atoms with van der Waals surface area (Å²) in [6.45, 7) is 3.96. The van der Waals surface area contributed by atoms with E-state index in [1.807, 2.05) is 24.5 Å². The predicted octanol–water partition coefficient (Wildman–Crippen LogP) is 4.14. The summed E-state index contributed by atoms with van der Waals surface area (Å²) in [7, 11) is 0. The number of benzene rings is 2. The van der Waals surface area contributed by atoms with E-state index in [1.165, 1.54) is 18.2 Å². The van der Waals surface area contributed by atoms with Crippen molar-refractivity contribution in [3.8, 4) is 11.4 Å². The highest BCUT2D eigenvalue weighted by Gasteiger charge is 2.18. The van der Waals surface area contributed by atoms with E-state index in [0.29, 0.717) is 22.4 Å². The Hall–Kier alpha value is -2.43. The zero-order valence-corrected chi connectivity index (χ0v) is 11.8. The van der Waals surface area contributed by atoms with Crippen LogP contribution in [0.2, 0.25) is 0 Å². The minimum atomic E-state index is -0.408. The molecular formula is C16H15F2N3. The summed E-state index contributed by atoms with van der Waals surface area (Å²) in [6.07, 6.45) is 0.